The first-order valence-electron chi connectivity index (χ1n) is 5.76. The van der Waals surface area contributed by atoms with Gasteiger partial charge in [-0.3, -0.25) is 0 Å². The molecule has 1 N–H and O–H groups in total. The number of nitrogens with one attached hydrogen (secondary N) is 1. The van der Waals surface area contributed by atoms with Gasteiger partial charge in [0.05, 0.1) is 23.7 Å². The number of hydrogen-bond donors (Lipinski definition) is 1. The molecule has 2 heterocycles. The minimum Gasteiger partial charge on any atom is -0.497 e. The second-order valence-electron chi connectivity index (χ2n) is 4.23. The van der Waals surface area contributed by atoms with Crippen molar-refractivity contribution in [2.45, 2.75) is 0 Å². The van der Waals surface area contributed by atoms with Crippen LogP contribution in [0, 0.1) is 0 Å². The predicted octanol–water partition coefficient (Wildman–Crippen LogP) is 2.06. The third-order valence-corrected chi connectivity index (χ3v) is 2.90. The zero-order chi connectivity index (χ0) is 12.5. The Labute approximate surface area is 105 Å². The summed E-state index contributed by atoms with van der Waals surface area (Å²) in [5, 5.41) is 0. The Bertz CT molecular complexity index is 703. The molecule has 2 aromatic heterocycles. The van der Waals surface area contributed by atoms with Crippen LogP contribution in [0.15, 0.2) is 42.7 Å². The second-order valence-corrected chi connectivity index (χ2v) is 4.23. The van der Waals surface area contributed by atoms with Crippen molar-refractivity contribution in [1.29, 1.82) is 0 Å². The molecule has 4 heteroatoms. The van der Waals surface area contributed by atoms with Gasteiger partial charge in [-0.2, -0.15) is 0 Å². The number of fused-ring (bicyclic) bond motifs is 1. The first kappa shape index (κ1) is 10.8. The third kappa shape index (κ3) is 1.82. The number of nitrogens with zero attached hydrogens (tertiary/aromatic N) is 2. The van der Waals surface area contributed by atoms with E-state index < -0.39 is 0 Å². The van der Waals surface area contributed by atoms with Gasteiger partial charge in [0, 0.05) is 12.1 Å². The van der Waals surface area contributed by atoms with E-state index in [2.05, 4.69) is 9.97 Å². The van der Waals surface area contributed by atoms with E-state index in [1.54, 1.807) is 7.11 Å². The molecule has 0 bridgehead atoms. The fraction of sp³-hybridized carbons (Fsp3) is 0.143. The number of benzene rings is 1. The normalized spacial score (nSPS) is 10.8. The van der Waals surface area contributed by atoms with Crippen molar-refractivity contribution in [3.05, 3.63) is 42.7 Å². The summed E-state index contributed by atoms with van der Waals surface area (Å²) in [6.07, 6.45) is 4.03. The first-order chi connectivity index (χ1) is 8.76. The molecule has 0 atom stereocenters. The molecule has 0 aliphatic rings. The molecule has 1 aromatic carbocycles. The first-order valence-corrected chi connectivity index (χ1v) is 5.76. The van der Waals surface area contributed by atoms with Gasteiger partial charge in [-0.1, -0.05) is 0 Å². The van der Waals surface area contributed by atoms with Gasteiger partial charge in [0.25, 0.3) is 0 Å². The summed E-state index contributed by atoms with van der Waals surface area (Å²) in [6, 6.07) is 9.86. The van der Waals surface area contributed by atoms with Crippen LogP contribution in [-0.4, -0.2) is 17.1 Å². The van der Waals surface area contributed by atoms with Crippen molar-refractivity contribution in [3.63, 3.8) is 0 Å². The van der Waals surface area contributed by atoms with E-state index in [0.717, 1.165) is 28.2 Å². The Hall–Kier alpha value is -2.36. The summed E-state index contributed by atoms with van der Waals surface area (Å²) in [5.74, 6) is 1.70. The van der Waals surface area contributed by atoms with Gasteiger partial charge in [-0.05, 0) is 18.2 Å². The lowest BCUT2D eigenvalue weighted by molar-refractivity contribution is -0.671. The molecule has 90 valence electrons. The van der Waals surface area contributed by atoms with E-state index in [1.807, 2.05) is 54.3 Å². The topological polar surface area (TPSA) is 41.8 Å². The minimum atomic E-state index is 0.830. The van der Waals surface area contributed by atoms with Crippen molar-refractivity contribution >= 4 is 11.0 Å². The molecule has 0 unspecified atom stereocenters. The van der Waals surface area contributed by atoms with Gasteiger partial charge >= 0.3 is 0 Å². The van der Waals surface area contributed by atoms with Crippen LogP contribution >= 0.6 is 0 Å². The number of aromatic nitrogens is 3. The Kier molecular flexibility index (Phi) is 2.48. The molecule has 4 nitrogen and oxygen atoms in total. The lowest BCUT2D eigenvalue weighted by Crippen LogP contribution is -2.26. The fourth-order valence-electron chi connectivity index (χ4n) is 1.98. The van der Waals surface area contributed by atoms with E-state index in [0.29, 0.717) is 0 Å². The summed E-state index contributed by atoms with van der Waals surface area (Å²) in [7, 11) is 3.66. The van der Waals surface area contributed by atoms with Gasteiger partial charge in [-0.15, -0.1) is 0 Å². The van der Waals surface area contributed by atoms with Gasteiger partial charge in [0.2, 0.25) is 0 Å². The molecule has 18 heavy (non-hydrogen) atoms. The Balaban J connectivity index is 2.13. The Morgan fingerprint density at radius 1 is 1.28 bits per heavy atom. The number of H-pyrrole nitrogens is 1. The molecule has 0 aliphatic carbocycles. The van der Waals surface area contributed by atoms with Crippen LogP contribution in [0.1, 0.15) is 0 Å². The smallest absolute Gasteiger partial charge is 0.179 e. The van der Waals surface area contributed by atoms with E-state index >= 15 is 0 Å². The average molecular weight is 240 g/mol. The number of rotatable bonds is 2. The van der Waals surface area contributed by atoms with Crippen LogP contribution in [0.5, 0.6) is 5.75 Å². The number of aryl methyl sites for hydroxylation is 1. The predicted molar refractivity (Wildman–Crippen MR) is 69.3 cm³/mol. The summed E-state index contributed by atoms with van der Waals surface area (Å²) in [4.78, 5) is 7.88. The highest BCUT2D eigenvalue weighted by molar-refractivity contribution is 5.80. The Morgan fingerprint density at radius 3 is 2.94 bits per heavy atom. The van der Waals surface area contributed by atoms with Crippen LogP contribution in [0.2, 0.25) is 0 Å². The zero-order valence-corrected chi connectivity index (χ0v) is 10.3. The van der Waals surface area contributed by atoms with Gasteiger partial charge < -0.3 is 9.72 Å². The number of hydrogen-bond acceptors (Lipinski definition) is 2. The number of ether oxygens (including phenoxy) is 1. The number of pyridine rings is 1. The zero-order valence-electron chi connectivity index (χ0n) is 10.3. The summed E-state index contributed by atoms with van der Waals surface area (Å²) in [6.45, 7) is 0. The van der Waals surface area contributed by atoms with Crippen molar-refractivity contribution in [2.24, 2.45) is 7.05 Å². The Morgan fingerprint density at radius 2 is 2.17 bits per heavy atom. The fourth-order valence-corrected chi connectivity index (χ4v) is 1.98. The number of methoxy groups -OCH3 is 1. The van der Waals surface area contributed by atoms with Crippen molar-refractivity contribution in [2.75, 3.05) is 7.11 Å². The second kappa shape index (κ2) is 4.14. The number of imidazole rings is 1. The van der Waals surface area contributed by atoms with Crippen LogP contribution < -0.4 is 9.30 Å². The monoisotopic (exact) mass is 240 g/mol. The SMILES string of the molecule is COc1ccc2nc(-c3ccc[n+](C)c3)[nH]c2c1. The maximum absolute atomic E-state index is 5.20. The van der Waals surface area contributed by atoms with Gasteiger partial charge in [0.15, 0.2) is 12.4 Å². The average Bonchev–Trinajstić information content (AvgIpc) is 2.81. The molecule has 3 rings (SSSR count). The molecule has 0 amide bonds. The van der Waals surface area contributed by atoms with E-state index in [4.69, 9.17) is 4.74 Å². The number of aromatic amines is 1. The van der Waals surface area contributed by atoms with Crippen LogP contribution in [-0.2, 0) is 7.05 Å². The minimum absolute atomic E-state index is 0.830. The van der Waals surface area contributed by atoms with Crippen molar-refractivity contribution < 1.29 is 9.30 Å². The lowest BCUT2D eigenvalue weighted by Gasteiger charge is -1.96. The molecule has 0 saturated heterocycles. The third-order valence-electron chi connectivity index (χ3n) is 2.90. The highest BCUT2D eigenvalue weighted by Crippen LogP contribution is 2.22. The van der Waals surface area contributed by atoms with Gasteiger partial charge in [0.1, 0.15) is 18.6 Å². The molecule has 0 saturated carbocycles. The van der Waals surface area contributed by atoms with Crippen LogP contribution in [0.3, 0.4) is 0 Å². The van der Waals surface area contributed by atoms with Crippen molar-refractivity contribution in [1.82, 2.24) is 9.97 Å². The lowest BCUT2D eigenvalue weighted by atomic mass is 10.3. The summed E-state index contributed by atoms with van der Waals surface area (Å²) >= 11 is 0. The van der Waals surface area contributed by atoms with E-state index in [1.165, 1.54) is 0 Å². The van der Waals surface area contributed by atoms with Crippen LogP contribution in [0.4, 0.5) is 0 Å². The van der Waals surface area contributed by atoms with Gasteiger partial charge in [-0.25, -0.2) is 9.55 Å². The molecule has 0 radical (unpaired) electrons. The van der Waals surface area contributed by atoms with Crippen LogP contribution in [0.25, 0.3) is 22.4 Å². The highest BCUT2D eigenvalue weighted by Gasteiger charge is 2.08. The quantitative estimate of drug-likeness (QED) is 0.697. The molecule has 3 aromatic rings. The molecular formula is C14H14N3O+. The van der Waals surface area contributed by atoms with E-state index in [9.17, 15) is 0 Å². The summed E-state index contributed by atoms with van der Waals surface area (Å²) in [5.41, 5.74) is 2.99. The molecule has 0 fully saturated rings. The standard InChI is InChI=1S/C14H14N3O/c1-17-7-3-4-10(9-17)14-15-12-6-5-11(18-2)8-13(12)16-14/h3-9H,1-2H3,(H,15,16)/q+1. The largest absolute Gasteiger partial charge is 0.497 e. The molecule has 0 aliphatic heterocycles. The molecule has 0 spiro atoms. The molecular weight excluding hydrogens is 226 g/mol. The maximum atomic E-state index is 5.20. The summed E-state index contributed by atoms with van der Waals surface area (Å²) < 4.78 is 7.21. The maximum Gasteiger partial charge on any atom is 0.179 e. The van der Waals surface area contributed by atoms with Crippen molar-refractivity contribution in [3.8, 4) is 17.1 Å². The highest BCUT2D eigenvalue weighted by atomic mass is 16.5. The van der Waals surface area contributed by atoms with E-state index in [-0.39, 0.29) is 0 Å².